The van der Waals surface area contributed by atoms with Crippen LogP contribution < -0.4 is 16.3 Å². The topological polar surface area (TPSA) is 71.3 Å². The van der Waals surface area contributed by atoms with Gasteiger partial charge in [-0.15, -0.1) is 12.4 Å². The van der Waals surface area contributed by atoms with Gasteiger partial charge in [-0.1, -0.05) is 25.1 Å². The molecule has 130 valence electrons. The molecule has 1 aliphatic heterocycles. The number of carbonyl (C=O) groups is 1. The maximum atomic E-state index is 12.5. The van der Waals surface area contributed by atoms with Gasteiger partial charge in [-0.2, -0.15) is 0 Å². The van der Waals surface area contributed by atoms with Crippen molar-refractivity contribution in [3.05, 3.63) is 45.8 Å². The van der Waals surface area contributed by atoms with Crippen molar-refractivity contribution in [2.24, 2.45) is 5.41 Å². The fraction of sp³-hybridized carbons (Fsp3) is 0.444. The van der Waals surface area contributed by atoms with Gasteiger partial charge in [0.25, 0.3) is 5.91 Å². The van der Waals surface area contributed by atoms with Crippen LogP contribution in [0.25, 0.3) is 11.0 Å². The Bertz CT molecular complexity index is 794. The Labute approximate surface area is 147 Å². The van der Waals surface area contributed by atoms with Crippen LogP contribution in [-0.2, 0) is 0 Å². The van der Waals surface area contributed by atoms with E-state index in [0.29, 0.717) is 17.7 Å². The molecule has 1 amide bonds. The molecule has 3 rings (SSSR count). The number of hydrogen-bond acceptors (Lipinski definition) is 4. The van der Waals surface area contributed by atoms with Crippen LogP contribution in [0, 0.1) is 12.3 Å². The molecule has 2 aromatic rings. The lowest BCUT2D eigenvalue weighted by Gasteiger charge is -2.34. The second-order valence-electron chi connectivity index (χ2n) is 6.63. The largest absolute Gasteiger partial charge is 0.422 e. The third-order valence-electron chi connectivity index (χ3n) is 4.79. The van der Waals surface area contributed by atoms with Crippen LogP contribution in [-0.4, -0.2) is 25.5 Å². The maximum absolute atomic E-state index is 12.5. The normalized spacial score (nSPS) is 16.4. The molecule has 1 saturated heterocycles. The molecule has 1 fully saturated rings. The predicted molar refractivity (Wildman–Crippen MR) is 97.0 cm³/mol. The number of carbonyl (C=O) groups excluding carboxylic acids is 1. The Kier molecular flexibility index (Phi) is 5.67. The minimum atomic E-state index is -0.575. The van der Waals surface area contributed by atoms with Crippen LogP contribution in [0.4, 0.5) is 0 Å². The van der Waals surface area contributed by atoms with Crippen LogP contribution >= 0.6 is 12.4 Å². The molecule has 0 bridgehead atoms. The van der Waals surface area contributed by atoms with Gasteiger partial charge in [0.15, 0.2) is 0 Å². The van der Waals surface area contributed by atoms with Gasteiger partial charge in [-0.25, -0.2) is 4.79 Å². The summed E-state index contributed by atoms with van der Waals surface area (Å²) in [4.78, 5) is 24.7. The van der Waals surface area contributed by atoms with E-state index >= 15 is 0 Å². The number of aryl methyl sites for hydroxylation is 1. The Morgan fingerprint density at radius 2 is 1.96 bits per heavy atom. The maximum Gasteiger partial charge on any atom is 0.349 e. The monoisotopic (exact) mass is 350 g/mol. The fourth-order valence-corrected chi connectivity index (χ4v) is 3.16. The van der Waals surface area contributed by atoms with Crippen molar-refractivity contribution < 1.29 is 9.21 Å². The number of nitrogens with one attached hydrogen (secondary N) is 2. The first-order valence-electron chi connectivity index (χ1n) is 8.02. The van der Waals surface area contributed by atoms with E-state index in [4.69, 9.17) is 4.42 Å². The zero-order valence-corrected chi connectivity index (χ0v) is 14.8. The van der Waals surface area contributed by atoms with Crippen molar-refractivity contribution in [3.63, 3.8) is 0 Å². The standard InChI is InChI=1S/C18H22N2O3.ClH/c1-12-13-5-3-4-6-14(13)23-17(22)15(12)16(21)20-11-18(2)7-9-19-10-8-18;/h3-6,19H,7-11H2,1-2H3,(H,20,21);1H. The average molecular weight is 351 g/mol. The molecule has 0 atom stereocenters. The number of hydrogen-bond donors (Lipinski definition) is 2. The Morgan fingerprint density at radius 3 is 2.67 bits per heavy atom. The highest BCUT2D eigenvalue weighted by atomic mass is 35.5. The Hall–Kier alpha value is -1.85. The first kappa shape index (κ1) is 18.5. The van der Waals surface area contributed by atoms with Crippen molar-refractivity contribution in [1.82, 2.24) is 10.6 Å². The van der Waals surface area contributed by atoms with Gasteiger partial charge in [-0.05, 0) is 49.9 Å². The summed E-state index contributed by atoms with van der Waals surface area (Å²) in [5, 5.41) is 7.05. The van der Waals surface area contributed by atoms with Gasteiger partial charge in [-0.3, -0.25) is 4.79 Å². The SMILES string of the molecule is Cc1c(C(=O)NCC2(C)CCNCC2)c(=O)oc2ccccc12.Cl. The van der Waals surface area contributed by atoms with Gasteiger partial charge in [0.2, 0.25) is 0 Å². The Balaban J connectivity index is 0.00000208. The van der Waals surface area contributed by atoms with Crippen LogP contribution in [0.5, 0.6) is 0 Å². The van der Waals surface area contributed by atoms with Gasteiger partial charge in [0.05, 0.1) is 0 Å². The zero-order valence-electron chi connectivity index (χ0n) is 14.0. The Morgan fingerprint density at radius 1 is 1.29 bits per heavy atom. The lowest BCUT2D eigenvalue weighted by atomic mass is 9.81. The molecule has 2 N–H and O–H groups in total. The van der Waals surface area contributed by atoms with E-state index in [1.807, 2.05) is 18.2 Å². The quantitative estimate of drug-likeness (QED) is 0.835. The first-order chi connectivity index (χ1) is 11.0. The molecule has 1 aromatic carbocycles. The highest BCUT2D eigenvalue weighted by Gasteiger charge is 2.28. The summed E-state index contributed by atoms with van der Waals surface area (Å²) >= 11 is 0. The average Bonchev–Trinajstić information content (AvgIpc) is 2.54. The van der Waals surface area contributed by atoms with E-state index in [0.717, 1.165) is 31.3 Å². The summed E-state index contributed by atoms with van der Waals surface area (Å²) in [5.41, 5.74) is 0.795. The first-order valence-corrected chi connectivity index (χ1v) is 8.02. The predicted octanol–water partition coefficient (Wildman–Crippen LogP) is 2.64. The van der Waals surface area contributed by atoms with Crippen molar-refractivity contribution in [3.8, 4) is 0 Å². The van der Waals surface area contributed by atoms with E-state index in [1.54, 1.807) is 13.0 Å². The number of para-hydroxylation sites is 1. The van der Waals surface area contributed by atoms with Gasteiger partial charge < -0.3 is 15.1 Å². The molecule has 1 aromatic heterocycles. The van der Waals surface area contributed by atoms with Crippen LogP contribution in [0.15, 0.2) is 33.5 Å². The lowest BCUT2D eigenvalue weighted by molar-refractivity contribution is 0.0918. The van der Waals surface area contributed by atoms with Crippen LogP contribution in [0.1, 0.15) is 35.7 Å². The molecule has 5 nitrogen and oxygen atoms in total. The van der Waals surface area contributed by atoms with Gasteiger partial charge >= 0.3 is 5.63 Å². The minimum absolute atomic E-state index is 0. The number of benzene rings is 1. The smallest absolute Gasteiger partial charge is 0.349 e. The molecule has 0 aliphatic carbocycles. The summed E-state index contributed by atoms with van der Waals surface area (Å²) in [6.07, 6.45) is 2.02. The molecular weight excluding hydrogens is 328 g/mol. The lowest BCUT2D eigenvalue weighted by Crippen LogP contribution is -2.43. The third kappa shape index (κ3) is 3.62. The molecule has 24 heavy (non-hydrogen) atoms. The van der Waals surface area contributed by atoms with Crippen molar-refractivity contribution >= 4 is 29.3 Å². The summed E-state index contributed by atoms with van der Waals surface area (Å²) < 4.78 is 5.29. The third-order valence-corrected chi connectivity index (χ3v) is 4.79. The number of amides is 1. The fourth-order valence-electron chi connectivity index (χ4n) is 3.16. The number of halogens is 1. The van der Waals surface area contributed by atoms with Crippen LogP contribution in [0.2, 0.25) is 0 Å². The van der Waals surface area contributed by atoms with Crippen molar-refractivity contribution in [2.45, 2.75) is 26.7 Å². The second-order valence-corrected chi connectivity index (χ2v) is 6.63. The summed E-state index contributed by atoms with van der Waals surface area (Å²) in [7, 11) is 0. The molecule has 1 aliphatic rings. The molecule has 0 radical (unpaired) electrons. The summed E-state index contributed by atoms with van der Waals surface area (Å²) in [6, 6.07) is 7.27. The van der Waals surface area contributed by atoms with E-state index in [9.17, 15) is 9.59 Å². The second kappa shape index (κ2) is 7.36. The van der Waals surface area contributed by atoms with E-state index in [2.05, 4.69) is 17.6 Å². The highest BCUT2D eigenvalue weighted by Crippen LogP contribution is 2.27. The molecule has 2 heterocycles. The summed E-state index contributed by atoms with van der Waals surface area (Å²) in [6.45, 7) is 6.45. The van der Waals surface area contributed by atoms with Crippen molar-refractivity contribution in [2.75, 3.05) is 19.6 Å². The molecule has 6 heteroatoms. The molecular formula is C18H23ClN2O3. The van der Waals surface area contributed by atoms with E-state index in [1.165, 1.54) is 0 Å². The number of piperidine rings is 1. The zero-order chi connectivity index (χ0) is 16.4. The number of rotatable bonds is 3. The van der Waals surface area contributed by atoms with Gasteiger partial charge in [0.1, 0.15) is 11.1 Å². The highest BCUT2D eigenvalue weighted by molar-refractivity contribution is 5.99. The minimum Gasteiger partial charge on any atom is -0.422 e. The van der Waals surface area contributed by atoms with Crippen LogP contribution in [0.3, 0.4) is 0 Å². The molecule has 0 unspecified atom stereocenters. The van der Waals surface area contributed by atoms with Gasteiger partial charge in [0, 0.05) is 11.9 Å². The van der Waals surface area contributed by atoms with E-state index < -0.39 is 5.63 Å². The van der Waals surface area contributed by atoms with Crippen molar-refractivity contribution in [1.29, 1.82) is 0 Å². The number of fused-ring (bicyclic) bond motifs is 1. The molecule has 0 spiro atoms. The summed E-state index contributed by atoms with van der Waals surface area (Å²) in [5.74, 6) is -0.346. The molecule has 0 saturated carbocycles. The van der Waals surface area contributed by atoms with E-state index in [-0.39, 0.29) is 29.3 Å².